The maximum absolute atomic E-state index is 12.8. The quantitative estimate of drug-likeness (QED) is 0.612. The average molecular weight is 356 g/mol. The van der Waals surface area contributed by atoms with Gasteiger partial charge in [-0.3, -0.25) is 14.5 Å². The number of thiocarbonyl (C=S) groups is 1. The lowest BCUT2D eigenvalue weighted by Crippen LogP contribution is -2.28. The summed E-state index contributed by atoms with van der Waals surface area (Å²) in [5.74, 6) is 0.206. The third kappa shape index (κ3) is 2.20. The van der Waals surface area contributed by atoms with Crippen LogP contribution in [0.15, 0.2) is 52.0 Å². The number of amides is 2. The molecule has 2 aromatic rings. The van der Waals surface area contributed by atoms with Gasteiger partial charge < -0.3 is 9.32 Å². The summed E-state index contributed by atoms with van der Waals surface area (Å²) in [6.45, 7) is 0.264. The highest BCUT2D eigenvalue weighted by Gasteiger charge is 2.41. The normalized spacial score (nSPS) is 20.3. The molecule has 3 heterocycles. The predicted molar refractivity (Wildman–Crippen MR) is 96.2 cm³/mol. The van der Waals surface area contributed by atoms with Gasteiger partial charge in [0, 0.05) is 12.6 Å². The second kappa shape index (κ2) is 5.61. The van der Waals surface area contributed by atoms with Crippen LogP contribution in [0.1, 0.15) is 11.3 Å². The Hall–Kier alpha value is -2.38. The first-order valence-electron chi connectivity index (χ1n) is 7.25. The van der Waals surface area contributed by atoms with Gasteiger partial charge in [-0.05, 0) is 18.2 Å². The molecular formula is C17H12N2O3S2. The van der Waals surface area contributed by atoms with Crippen molar-refractivity contribution in [1.82, 2.24) is 4.90 Å². The third-order valence-electron chi connectivity index (χ3n) is 4.02. The zero-order valence-corrected chi connectivity index (χ0v) is 14.3. The van der Waals surface area contributed by atoms with Gasteiger partial charge >= 0.3 is 0 Å². The molecule has 0 aliphatic carbocycles. The lowest BCUT2D eigenvalue weighted by molar-refractivity contribution is -0.123. The lowest BCUT2D eigenvalue weighted by Gasteiger charge is -2.12. The smallest absolute Gasteiger partial charge is 0.267 e. The van der Waals surface area contributed by atoms with Gasteiger partial charge in [0.2, 0.25) is 0 Å². The van der Waals surface area contributed by atoms with Crippen molar-refractivity contribution in [2.75, 3.05) is 11.9 Å². The van der Waals surface area contributed by atoms with Gasteiger partial charge in [-0.2, -0.15) is 0 Å². The average Bonchev–Trinajstić information content (AvgIpc) is 3.25. The topological polar surface area (TPSA) is 53.8 Å². The van der Waals surface area contributed by atoms with Gasteiger partial charge in [0.05, 0.1) is 29.0 Å². The highest BCUT2D eigenvalue weighted by molar-refractivity contribution is 8.26. The number of nitrogens with zero attached hydrogens (tertiary/aromatic N) is 2. The number of para-hydroxylation sites is 1. The molecule has 1 fully saturated rings. The van der Waals surface area contributed by atoms with E-state index in [0.717, 1.165) is 11.3 Å². The Morgan fingerprint density at radius 3 is 2.67 bits per heavy atom. The molecule has 0 spiro atoms. The van der Waals surface area contributed by atoms with E-state index < -0.39 is 0 Å². The van der Waals surface area contributed by atoms with Crippen LogP contribution in [-0.2, 0) is 16.1 Å². The summed E-state index contributed by atoms with van der Waals surface area (Å²) in [6.07, 6.45) is 1.55. The lowest BCUT2D eigenvalue weighted by atomic mass is 10.1. The maximum atomic E-state index is 12.8. The predicted octanol–water partition coefficient (Wildman–Crippen LogP) is 3.03. The molecule has 0 bridgehead atoms. The van der Waals surface area contributed by atoms with Crippen LogP contribution >= 0.6 is 24.0 Å². The first-order chi connectivity index (χ1) is 11.6. The van der Waals surface area contributed by atoms with Crippen molar-refractivity contribution in [3.05, 3.63) is 58.9 Å². The van der Waals surface area contributed by atoms with Crippen LogP contribution in [-0.4, -0.2) is 28.1 Å². The van der Waals surface area contributed by atoms with E-state index in [1.807, 2.05) is 24.3 Å². The molecule has 7 heteroatoms. The summed E-state index contributed by atoms with van der Waals surface area (Å²) >= 11 is 6.51. The van der Waals surface area contributed by atoms with Crippen LogP contribution in [0.2, 0.25) is 0 Å². The van der Waals surface area contributed by atoms with Crippen LogP contribution in [0.4, 0.5) is 5.69 Å². The van der Waals surface area contributed by atoms with E-state index in [2.05, 4.69) is 0 Å². The number of carbonyl (C=O) groups is 2. The fraction of sp³-hybridized carbons (Fsp3) is 0.118. The van der Waals surface area contributed by atoms with E-state index in [9.17, 15) is 9.59 Å². The Morgan fingerprint density at radius 1 is 1.12 bits per heavy atom. The van der Waals surface area contributed by atoms with E-state index in [4.69, 9.17) is 16.6 Å². The number of benzene rings is 1. The number of carbonyl (C=O) groups excluding carboxylic acids is 2. The van der Waals surface area contributed by atoms with E-state index in [1.165, 1.54) is 16.7 Å². The van der Waals surface area contributed by atoms with E-state index in [-0.39, 0.29) is 18.4 Å². The number of hydrogen-bond donors (Lipinski definition) is 0. The molecule has 0 N–H and O–H groups in total. The highest BCUT2D eigenvalue weighted by atomic mass is 32.2. The van der Waals surface area contributed by atoms with E-state index >= 15 is 0 Å². The van der Waals surface area contributed by atoms with Gasteiger partial charge in [0.25, 0.3) is 11.8 Å². The maximum Gasteiger partial charge on any atom is 0.267 e. The molecule has 120 valence electrons. The number of furan rings is 1. The second-order valence-corrected chi connectivity index (χ2v) is 7.07. The summed E-state index contributed by atoms with van der Waals surface area (Å²) in [7, 11) is 1.71. The molecule has 2 amide bonds. The zero-order chi connectivity index (χ0) is 16.8. The van der Waals surface area contributed by atoms with E-state index in [0.29, 0.717) is 20.6 Å². The van der Waals surface area contributed by atoms with Gasteiger partial charge in [-0.1, -0.05) is 42.2 Å². The van der Waals surface area contributed by atoms with Crippen molar-refractivity contribution in [1.29, 1.82) is 0 Å². The van der Waals surface area contributed by atoms with Crippen molar-refractivity contribution >= 4 is 51.4 Å². The number of hydrogen-bond acceptors (Lipinski definition) is 5. The van der Waals surface area contributed by atoms with Crippen molar-refractivity contribution < 1.29 is 14.0 Å². The molecule has 1 saturated heterocycles. The summed E-state index contributed by atoms with van der Waals surface area (Å²) in [6, 6.07) is 11.0. The Labute approximate surface area is 147 Å². The number of rotatable bonds is 2. The van der Waals surface area contributed by atoms with Crippen LogP contribution in [0, 0.1) is 0 Å². The Balaban J connectivity index is 1.77. The summed E-state index contributed by atoms with van der Waals surface area (Å²) in [5, 5.41) is 0. The largest absolute Gasteiger partial charge is 0.467 e. The molecule has 0 radical (unpaired) electrons. The van der Waals surface area contributed by atoms with Crippen LogP contribution in [0.3, 0.4) is 0 Å². The zero-order valence-electron chi connectivity index (χ0n) is 12.7. The van der Waals surface area contributed by atoms with Crippen molar-refractivity contribution in [3.63, 3.8) is 0 Å². The Kier molecular flexibility index (Phi) is 3.54. The highest BCUT2D eigenvalue weighted by Crippen LogP contribution is 2.44. The number of likely N-dealkylation sites (N-methyl/N-ethyl adjacent to an activating group) is 1. The van der Waals surface area contributed by atoms with Gasteiger partial charge in [0.15, 0.2) is 0 Å². The van der Waals surface area contributed by atoms with Crippen LogP contribution < -0.4 is 4.90 Å². The SMILES string of the molecule is CN1C(=O)C(=C2SC(=S)N(Cc3ccco3)C2=O)c2ccccc21. The minimum Gasteiger partial charge on any atom is -0.467 e. The molecule has 0 saturated carbocycles. The van der Waals surface area contributed by atoms with E-state index in [1.54, 1.807) is 30.3 Å². The molecule has 24 heavy (non-hydrogen) atoms. The molecule has 4 rings (SSSR count). The fourth-order valence-electron chi connectivity index (χ4n) is 2.83. The Morgan fingerprint density at radius 2 is 1.92 bits per heavy atom. The summed E-state index contributed by atoms with van der Waals surface area (Å²) in [5.41, 5.74) is 1.99. The molecule has 5 nitrogen and oxygen atoms in total. The molecular weight excluding hydrogens is 344 g/mol. The van der Waals surface area contributed by atoms with Gasteiger partial charge in [-0.25, -0.2) is 0 Å². The fourth-order valence-corrected chi connectivity index (χ4v) is 4.16. The Bertz CT molecular complexity index is 902. The molecule has 2 aliphatic rings. The standard InChI is InChI=1S/C17H12N2O3S2/c1-18-12-7-3-2-6-11(12)13(15(18)20)14-16(21)19(17(23)24-14)9-10-5-4-8-22-10/h2-8H,9H2,1H3. The second-order valence-electron chi connectivity index (χ2n) is 5.42. The third-order valence-corrected chi connectivity index (χ3v) is 5.47. The molecule has 1 aromatic carbocycles. The first-order valence-corrected chi connectivity index (χ1v) is 8.48. The van der Waals surface area contributed by atoms with Crippen molar-refractivity contribution in [2.24, 2.45) is 0 Å². The summed E-state index contributed by atoms with van der Waals surface area (Å²) < 4.78 is 5.72. The van der Waals surface area contributed by atoms with Crippen molar-refractivity contribution in [2.45, 2.75) is 6.54 Å². The molecule has 0 atom stereocenters. The monoisotopic (exact) mass is 356 g/mol. The molecule has 0 unspecified atom stereocenters. The number of fused-ring (bicyclic) bond motifs is 1. The minimum atomic E-state index is -0.255. The first kappa shape index (κ1) is 15.2. The van der Waals surface area contributed by atoms with Gasteiger partial charge in [0.1, 0.15) is 10.1 Å². The minimum absolute atomic E-state index is 0.185. The number of thioether (sulfide) groups is 1. The molecule has 2 aliphatic heterocycles. The van der Waals surface area contributed by atoms with Gasteiger partial charge in [-0.15, -0.1) is 0 Å². The van der Waals surface area contributed by atoms with Crippen molar-refractivity contribution in [3.8, 4) is 0 Å². The summed E-state index contributed by atoms with van der Waals surface area (Å²) in [4.78, 5) is 28.9. The number of anilines is 1. The van der Waals surface area contributed by atoms with Crippen LogP contribution in [0.25, 0.3) is 5.57 Å². The molecule has 1 aromatic heterocycles. The van der Waals surface area contributed by atoms with Crippen LogP contribution in [0.5, 0.6) is 0 Å².